The number of pyridine rings is 1. The van der Waals surface area contributed by atoms with Crippen LogP contribution in [0.15, 0.2) is 88.3 Å². The fourth-order valence-corrected chi connectivity index (χ4v) is 5.23. The zero-order valence-electron chi connectivity index (χ0n) is 24.7. The molecule has 0 spiro atoms. The maximum atomic E-state index is 13.2. The number of nitrogens with one attached hydrogen (secondary N) is 1. The predicted octanol–water partition coefficient (Wildman–Crippen LogP) is 3.36. The van der Waals surface area contributed by atoms with E-state index in [-0.39, 0.29) is 23.9 Å². The van der Waals surface area contributed by atoms with E-state index >= 15 is 0 Å². The number of amides is 2. The van der Waals surface area contributed by atoms with Gasteiger partial charge < -0.3 is 24.3 Å². The molecule has 4 heterocycles. The number of benzene rings is 2. The number of methoxy groups -OCH3 is 1. The van der Waals surface area contributed by atoms with Gasteiger partial charge in [-0.15, -0.1) is 0 Å². The van der Waals surface area contributed by atoms with Gasteiger partial charge in [-0.3, -0.25) is 19.0 Å². The summed E-state index contributed by atoms with van der Waals surface area (Å²) in [6, 6.07) is 20.0. The number of ether oxygens (including phenoxy) is 1. The molecule has 1 N–H and O–H groups in total. The number of aryl methyl sites for hydroxylation is 1. The van der Waals surface area contributed by atoms with Crippen LogP contribution in [0.25, 0.3) is 16.7 Å². The van der Waals surface area contributed by atoms with E-state index in [1.807, 2.05) is 11.8 Å². The second kappa shape index (κ2) is 12.4. The molecule has 5 aromatic rings. The van der Waals surface area contributed by atoms with Crippen molar-refractivity contribution in [1.29, 1.82) is 0 Å². The van der Waals surface area contributed by atoms with E-state index in [0.717, 1.165) is 10.9 Å². The van der Waals surface area contributed by atoms with Crippen LogP contribution in [0, 0.1) is 6.92 Å². The quantitative estimate of drug-likeness (QED) is 0.276. The lowest BCUT2D eigenvalue weighted by atomic mass is 10.1. The molecule has 6 rings (SSSR count). The summed E-state index contributed by atoms with van der Waals surface area (Å²) >= 11 is 0. The van der Waals surface area contributed by atoms with E-state index in [1.165, 1.54) is 24.0 Å². The normalized spacial score (nSPS) is 13.1. The molecule has 1 saturated heterocycles. The minimum atomic E-state index is -0.425. The number of hydrogen-bond donors (Lipinski definition) is 1. The van der Waals surface area contributed by atoms with Crippen molar-refractivity contribution in [3.63, 3.8) is 0 Å². The van der Waals surface area contributed by atoms with Gasteiger partial charge >= 0.3 is 5.97 Å². The zero-order valence-corrected chi connectivity index (χ0v) is 24.7. The molecule has 2 aromatic carbocycles. The Morgan fingerprint density at radius 3 is 2.27 bits per heavy atom. The molecule has 0 unspecified atom stereocenters. The molecule has 0 saturated carbocycles. The van der Waals surface area contributed by atoms with Crippen molar-refractivity contribution in [2.24, 2.45) is 0 Å². The average Bonchev–Trinajstić information content (AvgIpc) is 3.62. The fraction of sp³-hybridized carbons (Fsp3) is 0.212. The smallest absolute Gasteiger partial charge is 0.337 e. The van der Waals surface area contributed by atoms with Crippen LogP contribution < -0.4 is 15.8 Å². The van der Waals surface area contributed by atoms with E-state index in [4.69, 9.17) is 19.1 Å². The number of furan rings is 1. The number of rotatable bonds is 7. The van der Waals surface area contributed by atoms with Gasteiger partial charge in [-0.05, 0) is 67.1 Å². The Bertz CT molecular complexity index is 1930. The third-order valence-electron chi connectivity index (χ3n) is 7.73. The molecule has 0 aliphatic carbocycles. The summed E-state index contributed by atoms with van der Waals surface area (Å²) in [5, 5.41) is 3.59. The highest BCUT2D eigenvalue weighted by Crippen LogP contribution is 2.22. The predicted molar refractivity (Wildman–Crippen MR) is 166 cm³/mol. The van der Waals surface area contributed by atoms with Gasteiger partial charge in [-0.2, -0.15) is 4.98 Å². The van der Waals surface area contributed by atoms with Crippen LogP contribution in [-0.2, 0) is 11.3 Å². The molecular weight excluding hydrogens is 576 g/mol. The average molecular weight is 607 g/mol. The minimum Gasteiger partial charge on any atom is -0.465 e. The molecule has 3 aromatic heterocycles. The fourth-order valence-electron chi connectivity index (χ4n) is 5.23. The molecule has 12 heteroatoms. The number of anilines is 1. The number of esters is 1. The summed E-state index contributed by atoms with van der Waals surface area (Å²) in [5.74, 6) is -0.0866. The van der Waals surface area contributed by atoms with Gasteiger partial charge in [0.25, 0.3) is 17.4 Å². The highest BCUT2D eigenvalue weighted by molar-refractivity contribution is 5.94. The van der Waals surface area contributed by atoms with E-state index in [2.05, 4.69) is 5.32 Å². The van der Waals surface area contributed by atoms with E-state index in [0.29, 0.717) is 66.0 Å². The van der Waals surface area contributed by atoms with Gasteiger partial charge in [0.1, 0.15) is 0 Å². The van der Waals surface area contributed by atoms with E-state index < -0.39 is 5.97 Å². The van der Waals surface area contributed by atoms with Crippen molar-refractivity contribution >= 4 is 34.8 Å². The van der Waals surface area contributed by atoms with Gasteiger partial charge in [-0.1, -0.05) is 12.1 Å². The SMILES string of the molecule is COC(=O)c1ccc(CNC(=O)c2ccc(-n3c(=O)ccc4c(C)nc(N5CCN(C(=O)c6ccco6)CC5)nc43)cc2)cc1. The number of nitrogens with zero attached hydrogens (tertiary/aromatic N) is 5. The number of carbonyl (C=O) groups excluding carboxylic acids is 3. The van der Waals surface area contributed by atoms with Crippen molar-refractivity contribution in [2.45, 2.75) is 13.5 Å². The number of piperazine rings is 1. The first-order valence-corrected chi connectivity index (χ1v) is 14.4. The Labute approximate surface area is 257 Å². The highest BCUT2D eigenvalue weighted by atomic mass is 16.5. The molecule has 0 atom stereocenters. The maximum absolute atomic E-state index is 13.2. The number of hydrogen-bond acceptors (Lipinski definition) is 9. The molecule has 0 radical (unpaired) electrons. The first-order valence-electron chi connectivity index (χ1n) is 14.4. The van der Waals surface area contributed by atoms with Gasteiger partial charge in [0.2, 0.25) is 5.95 Å². The molecule has 1 fully saturated rings. The third kappa shape index (κ3) is 6.03. The first-order chi connectivity index (χ1) is 21.8. The van der Waals surface area contributed by atoms with Crippen molar-refractivity contribution < 1.29 is 23.5 Å². The molecule has 1 aliphatic rings. The van der Waals surface area contributed by atoms with Crippen LogP contribution in [0.4, 0.5) is 5.95 Å². The standard InChI is InChI=1S/C33H30N6O6/c1-21-26-13-14-28(40)39(29(26)36-33(35-21)38-17-15-37(16-18-38)31(42)27-4-3-19-45-27)25-11-9-23(10-12-25)30(41)34-20-22-5-7-24(8-6-22)32(43)44-2/h3-14,19H,15-18,20H2,1-2H3,(H,34,41). The Morgan fingerprint density at radius 1 is 0.889 bits per heavy atom. The lowest BCUT2D eigenvalue weighted by Gasteiger charge is -2.34. The molecule has 2 amide bonds. The van der Waals surface area contributed by atoms with Gasteiger partial charge in [0.05, 0.1) is 30.3 Å². The van der Waals surface area contributed by atoms with Crippen LogP contribution in [0.1, 0.15) is 42.5 Å². The van der Waals surface area contributed by atoms with E-state index in [9.17, 15) is 19.2 Å². The van der Waals surface area contributed by atoms with Crippen LogP contribution >= 0.6 is 0 Å². The lowest BCUT2D eigenvalue weighted by molar-refractivity contribution is 0.0600. The minimum absolute atomic E-state index is 0.157. The van der Waals surface area contributed by atoms with Crippen LogP contribution in [0.2, 0.25) is 0 Å². The maximum Gasteiger partial charge on any atom is 0.337 e. The second-order valence-corrected chi connectivity index (χ2v) is 10.5. The second-order valence-electron chi connectivity index (χ2n) is 10.5. The van der Waals surface area contributed by atoms with Gasteiger partial charge in [-0.25, -0.2) is 9.78 Å². The summed E-state index contributed by atoms with van der Waals surface area (Å²) in [4.78, 5) is 63.6. The summed E-state index contributed by atoms with van der Waals surface area (Å²) in [5.41, 5.74) is 3.13. The van der Waals surface area contributed by atoms with Gasteiger partial charge in [0, 0.05) is 49.7 Å². The Morgan fingerprint density at radius 2 is 1.60 bits per heavy atom. The Hall–Kier alpha value is -5.78. The Kier molecular flexibility index (Phi) is 8.10. The van der Waals surface area contributed by atoms with Crippen molar-refractivity contribution in [1.82, 2.24) is 24.8 Å². The number of carbonyl (C=O) groups is 3. The van der Waals surface area contributed by atoms with Crippen LogP contribution in [0.3, 0.4) is 0 Å². The van der Waals surface area contributed by atoms with Crippen molar-refractivity contribution in [3.05, 3.63) is 118 Å². The summed E-state index contributed by atoms with van der Waals surface area (Å²) in [6.07, 6.45) is 1.48. The molecule has 12 nitrogen and oxygen atoms in total. The molecule has 45 heavy (non-hydrogen) atoms. The van der Waals surface area contributed by atoms with E-state index in [1.54, 1.807) is 71.6 Å². The molecule has 228 valence electrons. The van der Waals surface area contributed by atoms with Crippen LogP contribution in [-0.4, -0.2) is 70.5 Å². The van der Waals surface area contributed by atoms with Gasteiger partial charge in [0.15, 0.2) is 11.4 Å². The molecule has 1 aliphatic heterocycles. The van der Waals surface area contributed by atoms with Crippen molar-refractivity contribution in [3.8, 4) is 5.69 Å². The lowest BCUT2D eigenvalue weighted by Crippen LogP contribution is -2.49. The topological polar surface area (TPSA) is 140 Å². The number of aromatic nitrogens is 3. The monoisotopic (exact) mass is 606 g/mol. The molecule has 0 bridgehead atoms. The summed E-state index contributed by atoms with van der Waals surface area (Å²) in [7, 11) is 1.32. The van der Waals surface area contributed by atoms with Crippen molar-refractivity contribution in [2.75, 3.05) is 38.2 Å². The summed E-state index contributed by atoms with van der Waals surface area (Å²) in [6.45, 7) is 4.14. The molecular formula is C33H30N6O6. The number of fused-ring (bicyclic) bond motifs is 1. The largest absolute Gasteiger partial charge is 0.465 e. The summed E-state index contributed by atoms with van der Waals surface area (Å²) < 4.78 is 11.5. The first kappa shape index (κ1) is 29.3. The zero-order chi connectivity index (χ0) is 31.5. The highest BCUT2D eigenvalue weighted by Gasteiger charge is 2.26. The Balaban J connectivity index is 1.19. The van der Waals surface area contributed by atoms with Crippen LogP contribution in [0.5, 0.6) is 0 Å². The third-order valence-corrected chi connectivity index (χ3v) is 7.73.